The third kappa shape index (κ3) is 4.61. The Labute approximate surface area is 159 Å². The highest BCUT2D eigenvalue weighted by atomic mass is 16.5. The van der Waals surface area contributed by atoms with E-state index in [9.17, 15) is 4.79 Å². The normalized spacial score (nSPS) is 16.0. The van der Waals surface area contributed by atoms with Gasteiger partial charge >= 0.3 is 0 Å². The summed E-state index contributed by atoms with van der Waals surface area (Å²) in [5.74, 6) is 2.65. The first-order valence-corrected chi connectivity index (χ1v) is 9.00. The number of hydrogen-bond donors (Lipinski definition) is 1. The van der Waals surface area contributed by atoms with Crippen LogP contribution in [0.3, 0.4) is 0 Å². The minimum absolute atomic E-state index is 0.0355. The van der Waals surface area contributed by atoms with Gasteiger partial charge in [0.25, 0.3) is 5.91 Å². The van der Waals surface area contributed by atoms with E-state index in [1.165, 1.54) is 0 Å². The van der Waals surface area contributed by atoms with Crippen LogP contribution in [0, 0.1) is 6.92 Å². The zero-order chi connectivity index (χ0) is 19.2. The van der Waals surface area contributed by atoms with Crippen molar-refractivity contribution in [3.8, 4) is 11.5 Å². The Bertz CT molecular complexity index is 767. The molecule has 1 N–H and O–H groups in total. The van der Waals surface area contributed by atoms with E-state index >= 15 is 0 Å². The van der Waals surface area contributed by atoms with Crippen molar-refractivity contribution < 1.29 is 23.4 Å². The number of nitrogens with zero attached hydrogens (tertiary/aromatic N) is 1. The second kappa shape index (κ2) is 8.92. The number of methoxy groups -OCH3 is 2. The summed E-state index contributed by atoms with van der Waals surface area (Å²) in [7, 11) is 3.11. The van der Waals surface area contributed by atoms with Gasteiger partial charge in [0, 0.05) is 25.2 Å². The first kappa shape index (κ1) is 19.3. The molecule has 1 aromatic heterocycles. The van der Waals surface area contributed by atoms with Crippen LogP contribution in [0.25, 0.3) is 0 Å². The van der Waals surface area contributed by atoms with Gasteiger partial charge in [0.2, 0.25) is 0 Å². The summed E-state index contributed by atoms with van der Waals surface area (Å²) in [5, 5.41) is 3.02. The fourth-order valence-electron chi connectivity index (χ4n) is 3.20. The van der Waals surface area contributed by atoms with Crippen molar-refractivity contribution in [3.05, 3.63) is 47.4 Å². The van der Waals surface area contributed by atoms with Crippen molar-refractivity contribution in [3.63, 3.8) is 0 Å². The summed E-state index contributed by atoms with van der Waals surface area (Å²) in [5.41, 5.74) is 0.518. The van der Waals surface area contributed by atoms with Gasteiger partial charge in [-0.2, -0.15) is 0 Å². The maximum atomic E-state index is 12.7. The summed E-state index contributed by atoms with van der Waals surface area (Å²) in [6.07, 6.45) is 0. The first-order valence-electron chi connectivity index (χ1n) is 9.00. The average Bonchev–Trinajstić information content (AvgIpc) is 3.14. The van der Waals surface area contributed by atoms with Crippen LogP contribution in [0.5, 0.6) is 11.5 Å². The van der Waals surface area contributed by atoms with Gasteiger partial charge in [-0.15, -0.1) is 0 Å². The molecule has 7 heteroatoms. The highest BCUT2D eigenvalue weighted by Gasteiger charge is 2.26. The van der Waals surface area contributed by atoms with Gasteiger partial charge in [0.15, 0.2) is 11.5 Å². The van der Waals surface area contributed by atoms with E-state index < -0.39 is 0 Å². The van der Waals surface area contributed by atoms with E-state index in [1.54, 1.807) is 32.4 Å². The molecular formula is C20H26N2O5. The van der Waals surface area contributed by atoms with Crippen LogP contribution in [0.4, 0.5) is 0 Å². The Morgan fingerprint density at radius 3 is 2.52 bits per heavy atom. The highest BCUT2D eigenvalue weighted by molar-refractivity contribution is 5.94. The number of nitrogens with one attached hydrogen (secondary N) is 1. The Kier molecular flexibility index (Phi) is 6.36. The van der Waals surface area contributed by atoms with E-state index in [4.69, 9.17) is 18.6 Å². The van der Waals surface area contributed by atoms with E-state index in [2.05, 4.69) is 10.2 Å². The van der Waals surface area contributed by atoms with Gasteiger partial charge in [0.1, 0.15) is 11.5 Å². The van der Waals surface area contributed by atoms with Crippen molar-refractivity contribution in [1.29, 1.82) is 0 Å². The van der Waals surface area contributed by atoms with Crippen molar-refractivity contribution >= 4 is 5.91 Å². The van der Waals surface area contributed by atoms with Crippen LogP contribution >= 0.6 is 0 Å². The molecule has 1 amide bonds. The molecule has 2 aromatic rings. The molecule has 1 fully saturated rings. The quantitative estimate of drug-likeness (QED) is 0.802. The van der Waals surface area contributed by atoms with Crippen LogP contribution in [0.15, 0.2) is 34.7 Å². The van der Waals surface area contributed by atoms with Crippen LogP contribution < -0.4 is 14.8 Å². The molecule has 0 aliphatic carbocycles. The Hall–Kier alpha value is -2.51. The number of aryl methyl sites for hydroxylation is 1. The maximum absolute atomic E-state index is 12.7. The molecule has 2 heterocycles. The molecule has 1 saturated heterocycles. The molecule has 27 heavy (non-hydrogen) atoms. The van der Waals surface area contributed by atoms with Crippen molar-refractivity contribution in [2.75, 3.05) is 47.1 Å². The molecule has 1 aromatic carbocycles. The number of morpholine rings is 1. The lowest BCUT2D eigenvalue weighted by atomic mass is 10.1. The molecule has 7 nitrogen and oxygen atoms in total. The molecular weight excluding hydrogens is 348 g/mol. The number of rotatable bonds is 7. The van der Waals surface area contributed by atoms with Crippen LogP contribution in [-0.2, 0) is 4.74 Å². The number of amides is 1. The number of carbonyl (C=O) groups excluding carboxylic acids is 1. The Balaban J connectivity index is 1.71. The van der Waals surface area contributed by atoms with E-state index in [-0.39, 0.29) is 11.9 Å². The third-order valence-electron chi connectivity index (χ3n) is 4.68. The minimum Gasteiger partial charge on any atom is -0.493 e. The van der Waals surface area contributed by atoms with Crippen LogP contribution in [0.2, 0.25) is 0 Å². The molecule has 0 spiro atoms. The summed E-state index contributed by atoms with van der Waals surface area (Å²) >= 11 is 0. The largest absolute Gasteiger partial charge is 0.493 e. The lowest BCUT2D eigenvalue weighted by Crippen LogP contribution is -2.43. The third-order valence-corrected chi connectivity index (χ3v) is 4.68. The number of ether oxygens (including phenoxy) is 3. The zero-order valence-electron chi connectivity index (χ0n) is 16.0. The molecule has 1 atom stereocenters. The van der Waals surface area contributed by atoms with Gasteiger partial charge in [-0.1, -0.05) is 0 Å². The van der Waals surface area contributed by atoms with Crippen LogP contribution in [0.1, 0.15) is 27.9 Å². The molecule has 0 bridgehead atoms. The van der Waals surface area contributed by atoms with Crippen molar-refractivity contribution in [2.45, 2.75) is 13.0 Å². The number of carbonyl (C=O) groups is 1. The molecule has 0 saturated carbocycles. The molecule has 146 valence electrons. The van der Waals surface area contributed by atoms with Gasteiger partial charge in [-0.05, 0) is 37.3 Å². The molecule has 0 radical (unpaired) electrons. The Morgan fingerprint density at radius 1 is 1.15 bits per heavy atom. The predicted molar refractivity (Wildman–Crippen MR) is 100 cm³/mol. The maximum Gasteiger partial charge on any atom is 0.251 e. The molecule has 1 aliphatic heterocycles. The number of furan rings is 1. The van der Waals surface area contributed by atoms with E-state index in [0.717, 1.165) is 24.6 Å². The highest BCUT2D eigenvalue weighted by Crippen LogP contribution is 2.28. The Morgan fingerprint density at radius 2 is 1.89 bits per heavy atom. The summed E-state index contributed by atoms with van der Waals surface area (Å²) in [4.78, 5) is 14.9. The van der Waals surface area contributed by atoms with Gasteiger partial charge in [-0.25, -0.2) is 0 Å². The molecule has 1 unspecified atom stereocenters. The first-order chi connectivity index (χ1) is 13.1. The second-order valence-electron chi connectivity index (χ2n) is 6.39. The minimum atomic E-state index is -0.169. The zero-order valence-corrected chi connectivity index (χ0v) is 16.0. The fraction of sp³-hybridized carbons (Fsp3) is 0.450. The molecule has 3 rings (SSSR count). The summed E-state index contributed by atoms with van der Waals surface area (Å²) in [6, 6.07) is 9.00. The van der Waals surface area contributed by atoms with E-state index in [1.807, 2.05) is 19.1 Å². The second-order valence-corrected chi connectivity index (χ2v) is 6.39. The van der Waals surface area contributed by atoms with Gasteiger partial charge in [0.05, 0.1) is 33.5 Å². The van der Waals surface area contributed by atoms with Crippen molar-refractivity contribution in [2.24, 2.45) is 0 Å². The standard InChI is InChI=1S/C20H26N2O5/c1-14-4-6-17(27-14)16(22-8-10-26-11-9-22)13-21-20(23)15-5-7-18(24-2)19(12-15)25-3/h4-7,12,16H,8-11,13H2,1-3H3,(H,21,23). The predicted octanol–water partition coefficient (Wildman–Crippen LogP) is 2.41. The molecule has 1 aliphatic rings. The topological polar surface area (TPSA) is 73.2 Å². The summed E-state index contributed by atoms with van der Waals surface area (Å²) in [6.45, 7) is 5.33. The SMILES string of the molecule is COc1ccc(C(=O)NCC(c2ccc(C)o2)N2CCOCC2)cc1OC. The van der Waals surface area contributed by atoms with Gasteiger partial charge < -0.3 is 23.9 Å². The van der Waals surface area contributed by atoms with Crippen molar-refractivity contribution in [1.82, 2.24) is 10.2 Å². The smallest absolute Gasteiger partial charge is 0.251 e. The van der Waals surface area contributed by atoms with Crippen LogP contribution in [-0.4, -0.2) is 57.9 Å². The lowest BCUT2D eigenvalue weighted by Gasteiger charge is -2.33. The average molecular weight is 374 g/mol. The van der Waals surface area contributed by atoms with E-state index in [0.29, 0.717) is 36.8 Å². The lowest BCUT2D eigenvalue weighted by molar-refractivity contribution is 0.0117. The monoisotopic (exact) mass is 374 g/mol. The summed E-state index contributed by atoms with van der Waals surface area (Å²) < 4.78 is 21.8. The number of hydrogen-bond acceptors (Lipinski definition) is 6. The van der Waals surface area contributed by atoms with Gasteiger partial charge in [-0.3, -0.25) is 9.69 Å². The fourth-order valence-corrected chi connectivity index (χ4v) is 3.20. The number of benzene rings is 1.